The topological polar surface area (TPSA) is 80.5 Å². The first-order valence-corrected chi connectivity index (χ1v) is 10.1. The first-order valence-electron chi connectivity index (χ1n) is 6.81. The van der Waals surface area contributed by atoms with Gasteiger partial charge in [0.1, 0.15) is 4.21 Å². The number of amides is 1. The van der Waals surface area contributed by atoms with Crippen LogP contribution < -0.4 is 9.52 Å². The summed E-state index contributed by atoms with van der Waals surface area (Å²) in [5.41, 5.74) is 0.634. The fourth-order valence-electron chi connectivity index (χ4n) is 1.92. The van der Waals surface area contributed by atoms with Crippen molar-refractivity contribution in [3.8, 4) is 0 Å². The van der Waals surface area contributed by atoms with Gasteiger partial charge in [-0.15, -0.1) is 22.7 Å². The number of aryl methyl sites for hydroxylation is 1. The van der Waals surface area contributed by atoms with Gasteiger partial charge in [-0.2, -0.15) is 4.99 Å². The molecule has 0 fully saturated rings. The number of benzene rings is 1. The largest absolute Gasteiger partial charge is 0.327 e. The van der Waals surface area contributed by atoms with Crippen LogP contribution in [0.5, 0.6) is 0 Å². The second-order valence-electron chi connectivity index (χ2n) is 4.83. The van der Waals surface area contributed by atoms with E-state index in [9.17, 15) is 13.2 Å². The van der Waals surface area contributed by atoms with Gasteiger partial charge in [-0.1, -0.05) is 12.1 Å². The second-order valence-corrected chi connectivity index (χ2v) is 8.56. The van der Waals surface area contributed by atoms with E-state index in [1.165, 1.54) is 23.5 Å². The fraction of sp³-hybridized carbons (Fsp3) is 0.0667. The minimum atomic E-state index is -3.64. The van der Waals surface area contributed by atoms with Crippen molar-refractivity contribution in [1.82, 2.24) is 4.57 Å². The summed E-state index contributed by atoms with van der Waals surface area (Å²) in [6.45, 7) is 0. The van der Waals surface area contributed by atoms with Crippen LogP contribution in [0.3, 0.4) is 0 Å². The average molecular weight is 379 g/mol. The van der Waals surface area contributed by atoms with Crippen LogP contribution in [0, 0.1) is 0 Å². The van der Waals surface area contributed by atoms with Crippen LogP contribution in [0.25, 0.3) is 0 Å². The first kappa shape index (κ1) is 16.6. The number of nitrogens with zero attached hydrogens (tertiary/aromatic N) is 2. The lowest BCUT2D eigenvalue weighted by atomic mass is 10.2. The van der Waals surface area contributed by atoms with Crippen molar-refractivity contribution in [3.63, 3.8) is 0 Å². The maximum atomic E-state index is 12.3. The van der Waals surface area contributed by atoms with Crippen molar-refractivity contribution >= 4 is 44.3 Å². The summed E-state index contributed by atoms with van der Waals surface area (Å²) in [4.78, 5) is 16.9. The second kappa shape index (κ2) is 6.71. The molecule has 124 valence electrons. The molecule has 0 atom stereocenters. The molecule has 0 bridgehead atoms. The number of anilines is 1. The van der Waals surface area contributed by atoms with Crippen molar-refractivity contribution in [2.75, 3.05) is 4.72 Å². The molecule has 6 nitrogen and oxygen atoms in total. The van der Waals surface area contributed by atoms with E-state index in [0.717, 1.165) is 11.3 Å². The molecule has 2 aromatic heterocycles. The standard InChI is InChI=1S/C15H13N3O3S3/c1-18-7-9-23-15(18)16-14(19)11-4-2-5-12(10-11)17-24(20,21)13-6-3-8-22-13/h2-10,17H,1H3. The van der Waals surface area contributed by atoms with Gasteiger partial charge in [0, 0.05) is 29.9 Å². The van der Waals surface area contributed by atoms with Crippen LogP contribution in [0.4, 0.5) is 5.69 Å². The van der Waals surface area contributed by atoms with Gasteiger partial charge in [0.2, 0.25) is 0 Å². The summed E-state index contributed by atoms with van der Waals surface area (Å²) in [7, 11) is -1.84. The zero-order valence-corrected chi connectivity index (χ0v) is 15.0. The predicted molar refractivity (Wildman–Crippen MR) is 94.8 cm³/mol. The molecule has 0 spiro atoms. The molecule has 0 unspecified atom stereocenters. The van der Waals surface area contributed by atoms with Crippen molar-refractivity contribution in [2.45, 2.75) is 4.21 Å². The molecule has 9 heteroatoms. The molecule has 0 aliphatic carbocycles. The van der Waals surface area contributed by atoms with E-state index in [1.807, 2.05) is 11.6 Å². The summed E-state index contributed by atoms with van der Waals surface area (Å²) >= 11 is 2.48. The molecular weight excluding hydrogens is 366 g/mol. The Kier molecular flexibility index (Phi) is 4.65. The van der Waals surface area contributed by atoms with E-state index in [1.54, 1.807) is 41.3 Å². The number of thiazole rings is 1. The lowest BCUT2D eigenvalue weighted by molar-refractivity contribution is 0.0998. The lowest BCUT2D eigenvalue weighted by Gasteiger charge is -2.07. The Morgan fingerprint density at radius 3 is 2.67 bits per heavy atom. The summed E-state index contributed by atoms with van der Waals surface area (Å²) in [6, 6.07) is 9.47. The van der Waals surface area contributed by atoms with Gasteiger partial charge in [0.15, 0.2) is 4.80 Å². The normalized spacial score (nSPS) is 12.3. The molecule has 0 aliphatic rings. The highest BCUT2D eigenvalue weighted by Gasteiger charge is 2.16. The third-order valence-corrected chi connectivity index (χ3v) is 6.71. The monoisotopic (exact) mass is 379 g/mol. The minimum Gasteiger partial charge on any atom is -0.327 e. The Hall–Kier alpha value is -2.23. The van der Waals surface area contributed by atoms with E-state index >= 15 is 0 Å². The van der Waals surface area contributed by atoms with Crippen LogP contribution in [0.2, 0.25) is 0 Å². The van der Waals surface area contributed by atoms with Crippen LogP contribution in [0.1, 0.15) is 10.4 Å². The van der Waals surface area contributed by atoms with Gasteiger partial charge in [-0.05, 0) is 29.6 Å². The fourth-order valence-corrected chi connectivity index (χ4v) is 4.69. The van der Waals surface area contributed by atoms with Gasteiger partial charge in [0.05, 0.1) is 0 Å². The van der Waals surface area contributed by atoms with Crippen LogP contribution in [0.15, 0.2) is 62.6 Å². The van der Waals surface area contributed by atoms with Crippen molar-refractivity contribution in [2.24, 2.45) is 12.0 Å². The molecule has 0 saturated carbocycles. The van der Waals surface area contributed by atoms with Crippen molar-refractivity contribution in [1.29, 1.82) is 0 Å². The highest BCUT2D eigenvalue weighted by atomic mass is 32.2. The van der Waals surface area contributed by atoms with E-state index in [0.29, 0.717) is 16.1 Å². The maximum absolute atomic E-state index is 12.3. The minimum absolute atomic E-state index is 0.217. The lowest BCUT2D eigenvalue weighted by Crippen LogP contribution is -2.13. The van der Waals surface area contributed by atoms with Gasteiger partial charge in [-0.25, -0.2) is 8.42 Å². The van der Waals surface area contributed by atoms with Crippen molar-refractivity contribution < 1.29 is 13.2 Å². The number of rotatable bonds is 4. The third kappa shape index (κ3) is 3.64. The van der Waals surface area contributed by atoms with Gasteiger partial charge in [-0.3, -0.25) is 9.52 Å². The van der Waals surface area contributed by atoms with Gasteiger partial charge < -0.3 is 4.57 Å². The van der Waals surface area contributed by atoms with E-state index in [-0.39, 0.29) is 4.21 Å². The molecule has 3 aromatic rings. The molecule has 0 aliphatic heterocycles. The Morgan fingerprint density at radius 1 is 1.17 bits per heavy atom. The van der Waals surface area contributed by atoms with Gasteiger partial charge in [0.25, 0.3) is 15.9 Å². The number of hydrogen-bond donors (Lipinski definition) is 1. The summed E-state index contributed by atoms with van der Waals surface area (Å²) < 4.78 is 28.9. The first-order chi connectivity index (χ1) is 11.5. The molecular formula is C15H13N3O3S3. The van der Waals surface area contributed by atoms with E-state index in [2.05, 4.69) is 9.71 Å². The highest BCUT2D eigenvalue weighted by Crippen LogP contribution is 2.21. The quantitative estimate of drug-likeness (QED) is 0.757. The number of thiophene rings is 1. The Labute approximate surface area is 146 Å². The van der Waals surface area contributed by atoms with E-state index < -0.39 is 15.9 Å². The number of hydrogen-bond acceptors (Lipinski definition) is 5. The molecule has 24 heavy (non-hydrogen) atoms. The average Bonchev–Trinajstić information content (AvgIpc) is 3.20. The Balaban J connectivity index is 1.88. The van der Waals surface area contributed by atoms with Crippen LogP contribution >= 0.6 is 22.7 Å². The summed E-state index contributed by atoms with van der Waals surface area (Å²) in [6.07, 6.45) is 1.81. The smallest absolute Gasteiger partial charge is 0.279 e. The van der Waals surface area contributed by atoms with Crippen LogP contribution in [-0.4, -0.2) is 18.9 Å². The number of nitrogens with one attached hydrogen (secondary N) is 1. The summed E-state index contributed by atoms with van der Waals surface area (Å²) in [5.74, 6) is -0.426. The SMILES string of the molecule is Cn1ccsc1=NC(=O)c1cccc(NS(=O)(=O)c2cccs2)c1. The number of carbonyl (C=O) groups is 1. The van der Waals surface area contributed by atoms with Crippen LogP contribution in [-0.2, 0) is 17.1 Å². The predicted octanol–water partition coefficient (Wildman–Crippen LogP) is 2.69. The number of carbonyl (C=O) groups excluding carboxylic acids is 1. The molecule has 2 heterocycles. The highest BCUT2D eigenvalue weighted by molar-refractivity contribution is 7.94. The maximum Gasteiger partial charge on any atom is 0.279 e. The zero-order valence-electron chi connectivity index (χ0n) is 12.5. The third-order valence-electron chi connectivity index (χ3n) is 3.08. The molecule has 1 N–H and O–H groups in total. The Bertz CT molecular complexity index is 1030. The molecule has 1 aromatic carbocycles. The summed E-state index contributed by atoms with van der Waals surface area (Å²) in [5, 5.41) is 3.52. The van der Waals surface area contributed by atoms with Gasteiger partial charge >= 0.3 is 0 Å². The number of sulfonamides is 1. The zero-order chi connectivity index (χ0) is 17.2. The number of aromatic nitrogens is 1. The molecule has 0 saturated heterocycles. The van der Waals surface area contributed by atoms with Crippen molar-refractivity contribution in [3.05, 3.63) is 63.7 Å². The van der Waals surface area contributed by atoms with E-state index in [4.69, 9.17) is 0 Å². The Morgan fingerprint density at radius 2 is 2.00 bits per heavy atom. The molecule has 1 amide bonds. The molecule has 0 radical (unpaired) electrons. The molecule has 3 rings (SSSR count).